The first-order valence-corrected chi connectivity index (χ1v) is 12.7. The summed E-state index contributed by atoms with van der Waals surface area (Å²) in [6, 6.07) is 9.30. The molecule has 34 heavy (non-hydrogen) atoms. The highest BCUT2D eigenvalue weighted by Crippen LogP contribution is 2.54. The smallest absolute Gasteiger partial charge is 0.251 e. The topological polar surface area (TPSA) is 128 Å². The fourth-order valence-electron chi connectivity index (χ4n) is 5.11. The van der Waals surface area contributed by atoms with Crippen LogP contribution in [0.5, 0.6) is 11.5 Å². The zero-order chi connectivity index (χ0) is 24.6. The van der Waals surface area contributed by atoms with Crippen molar-refractivity contribution in [2.75, 3.05) is 20.1 Å². The van der Waals surface area contributed by atoms with Gasteiger partial charge in [-0.3, -0.25) is 9.59 Å². The summed E-state index contributed by atoms with van der Waals surface area (Å²) in [5, 5.41) is 5.69. The Labute approximate surface area is 198 Å². The van der Waals surface area contributed by atoms with Crippen molar-refractivity contribution in [2.24, 2.45) is 11.1 Å². The second-order valence-corrected chi connectivity index (χ2v) is 11.3. The number of nitrogens with one attached hydrogen (secondary N) is 2. The molecule has 1 saturated carbocycles. The summed E-state index contributed by atoms with van der Waals surface area (Å²) in [5.74, 6) is -1.88. The van der Waals surface area contributed by atoms with Crippen molar-refractivity contribution in [2.45, 2.75) is 41.7 Å². The summed E-state index contributed by atoms with van der Waals surface area (Å²) in [6.07, 6.45) is 2.69. The molecular weight excluding hydrogens is 461 g/mol. The van der Waals surface area contributed by atoms with Crippen LogP contribution < -0.4 is 21.1 Å². The quantitative estimate of drug-likeness (QED) is 0.572. The Balaban J connectivity index is 1.57. The van der Waals surface area contributed by atoms with E-state index in [4.69, 9.17) is 10.5 Å². The molecule has 1 aliphatic carbocycles. The van der Waals surface area contributed by atoms with E-state index in [0.29, 0.717) is 6.42 Å². The Bertz CT molecular complexity index is 1210. The van der Waals surface area contributed by atoms with E-state index in [1.165, 1.54) is 43.4 Å². The number of amides is 2. The van der Waals surface area contributed by atoms with Gasteiger partial charge in [-0.05, 0) is 93.1 Å². The number of nitrogens with two attached hydrogens (primary N) is 1. The summed E-state index contributed by atoms with van der Waals surface area (Å²) in [6.45, 7) is 1.59. The molecule has 8 nitrogen and oxygen atoms in total. The second-order valence-electron chi connectivity index (χ2n) is 9.09. The number of rotatable bonds is 6. The Morgan fingerprint density at radius 3 is 2.32 bits per heavy atom. The van der Waals surface area contributed by atoms with E-state index in [2.05, 4.69) is 10.6 Å². The predicted octanol–water partition coefficient (Wildman–Crippen LogP) is 2.53. The SMILES string of the molecule is CNC(=O)c1ccc(Oc2ccc(S(=O)(=O)C3(C(N)=O)CCC4(CCNCC4)C3)cc2)c(F)c1. The molecule has 1 heterocycles. The molecule has 2 amide bonds. The van der Waals surface area contributed by atoms with Gasteiger partial charge in [0.25, 0.3) is 5.91 Å². The van der Waals surface area contributed by atoms with E-state index in [-0.39, 0.29) is 40.2 Å². The molecule has 1 unspecified atom stereocenters. The second kappa shape index (κ2) is 8.99. The molecular formula is C24H28FN3O5S. The van der Waals surface area contributed by atoms with E-state index >= 15 is 0 Å². The lowest BCUT2D eigenvalue weighted by atomic mass is 9.77. The van der Waals surface area contributed by atoms with Gasteiger partial charge in [0, 0.05) is 12.6 Å². The van der Waals surface area contributed by atoms with Crippen molar-refractivity contribution >= 4 is 21.7 Å². The molecule has 2 aromatic carbocycles. The first-order chi connectivity index (χ1) is 16.1. The van der Waals surface area contributed by atoms with Gasteiger partial charge in [0.05, 0.1) is 4.90 Å². The number of hydrogen-bond acceptors (Lipinski definition) is 6. The van der Waals surface area contributed by atoms with Gasteiger partial charge < -0.3 is 21.1 Å². The Hall–Kier alpha value is -2.98. The molecule has 2 aromatic rings. The minimum Gasteiger partial charge on any atom is -0.454 e. The molecule has 1 saturated heterocycles. The molecule has 2 fully saturated rings. The molecule has 1 spiro atoms. The van der Waals surface area contributed by atoms with Gasteiger partial charge in [0.1, 0.15) is 5.75 Å². The third-order valence-corrected chi connectivity index (χ3v) is 9.60. The lowest BCUT2D eigenvalue weighted by Crippen LogP contribution is -2.50. The lowest BCUT2D eigenvalue weighted by Gasteiger charge is -2.35. The molecule has 1 aliphatic heterocycles. The highest BCUT2D eigenvalue weighted by Gasteiger charge is 2.59. The van der Waals surface area contributed by atoms with Gasteiger partial charge in [-0.15, -0.1) is 0 Å². The summed E-state index contributed by atoms with van der Waals surface area (Å²) in [4.78, 5) is 24.2. The third kappa shape index (κ3) is 4.16. The van der Waals surface area contributed by atoms with E-state index in [1.54, 1.807) is 0 Å². The Kier molecular flexibility index (Phi) is 6.39. The van der Waals surface area contributed by atoms with Crippen LogP contribution in [0.4, 0.5) is 4.39 Å². The first-order valence-electron chi connectivity index (χ1n) is 11.2. The van der Waals surface area contributed by atoms with E-state index in [9.17, 15) is 22.4 Å². The number of carbonyl (C=O) groups excluding carboxylic acids is 2. The van der Waals surface area contributed by atoms with Crippen LogP contribution in [-0.4, -0.2) is 45.1 Å². The number of halogens is 1. The minimum absolute atomic E-state index is 0.0277. The van der Waals surface area contributed by atoms with Gasteiger partial charge in [-0.1, -0.05) is 0 Å². The maximum Gasteiger partial charge on any atom is 0.251 e. The highest BCUT2D eigenvalue weighted by molar-refractivity contribution is 7.93. The van der Waals surface area contributed by atoms with Gasteiger partial charge in [-0.25, -0.2) is 12.8 Å². The zero-order valence-electron chi connectivity index (χ0n) is 18.9. The van der Waals surface area contributed by atoms with Crippen LogP contribution >= 0.6 is 0 Å². The number of piperidine rings is 1. The largest absolute Gasteiger partial charge is 0.454 e. The fourth-order valence-corrected chi connectivity index (χ4v) is 7.19. The normalized spacial score (nSPS) is 21.8. The third-order valence-electron chi connectivity index (χ3n) is 7.13. The first kappa shape index (κ1) is 24.2. The van der Waals surface area contributed by atoms with Crippen molar-refractivity contribution in [3.63, 3.8) is 0 Å². The molecule has 2 aliphatic rings. The molecule has 1 atom stereocenters. The average Bonchev–Trinajstić information content (AvgIpc) is 3.21. The van der Waals surface area contributed by atoms with Gasteiger partial charge in [0.15, 0.2) is 26.2 Å². The average molecular weight is 490 g/mol. The van der Waals surface area contributed by atoms with E-state index in [1.807, 2.05) is 0 Å². The lowest BCUT2D eigenvalue weighted by molar-refractivity contribution is -0.120. The van der Waals surface area contributed by atoms with Crippen LogP contribution in [0.3, 0.4) is 0 Å². The van der Waals surface area contributed by atoms with E-state index in [0.717, 1.165) is 32.0 Å². The number of primary amides is 1. The summed E-state index contributed by atoms with van der Waals surface area (Å²) >= 11 is 0. The van der Waals surface area contributed by atoms with Crippen LogP contribution in [-0.2, 0) is 14.6 Å². The number of sulfone groups is 1. The van der Waals surface area contributed by atoms with E-state index < -0.39 is 32.2 Å². The number of benzene rings is 2. The van der Waals surface area contributed by atoms with Crippen LogP contribution in [0, 0.1) is 11.2 Å². The van der Waals surface area contributed by atoms with Crippen molar-refractivity contribution in [3.8, 4) is 11.5 Å². The van der Waals surface area contributed by atoms with Gasteiger partial charge in [0.2, 0.25) is 5.91 Å². The summed E-state index contributed by atoms with van der Waals surface area (Å²) in [5.41, 5.74) is 5.66. The van der Waals surface area contributed by atoms with Crippen LogP contribution in [0.1, 0.15) is 42.5 Å². The van der Waals surface area contributed by atoms with Crippen molar-refractivity contribution in [1.82, 2.24) is 10.6 Å². The highest BCUT2D eigenvalue weighted by atomic mass is 32.2. The molecule has 182 valence electrons. The molecule has 10 heteroatoms. The number of ether oxygens (including phenoxy) is 1. The maximum absolute atomic E-state index is 14.4. The zero-order valence-corrected chi connectivity index (χ0v) is 19.7. The molecule has 0 bridgehead atoms. The maximum atomic E-state index is 14.4. The van der Waals surface area contributed by atoms with Crippen molar-refractivity contribution in [3.05, 3.63) is 53.8 Å². The molecule has 4 rings (SSSR count). The van der Waals surface area contributed by atoms with Crippen LogP contribution in [0.15, 0.2) is 47.4 Å². The molecule has 4 N–H and O–H groups in total. The summed E-state index contributed by atoms with van der Waals surface area (Å²) < 4.78 is 45.5. The van der Waals surface area contributed by atoms with Crippen LogP contribution in [0.2, 0.25) is 0 Å². The summed E-state index contributed by atoms with van der Waals surface area (Å²) in [7, 11) is -2.61. The van der Waals surface area contributed by atoms with Gasteiger partial charge in [-0.2, -0.15) is 0 Å². The van der Waals surface area contributed by atoms with Crippen molar-refractivity contribution < 1.29 is 27.1 Å². The van der Waals surface area contributed by atoms with Crippen molar-refractivity contribution in [1.29, 1.82) is 0 Å². The molecule has 0 aromatic heterocycles. The molecule has 0 radical (unpaired) electrons. The Morgan fingerprint density at radius 1 is 1.06 bits per heavy atom. The standard InChI is InChI=1S/C24H28FN3O5S/c1-27-21(29)16-2-7-20(19(25)14-16)33-17-3-5-18(6-4-17)34(31,32)24(22(26)30)9-8-23(15-24)10-12-28-13-11-23/h2-7,14,28H,8-13,15H2,1H3,(H2,26,30)(H,27,29). The van der Waals surface area contributed by atoms with Crippen LogP contribution in [0.25, 0.3) is 0 Å². The minimum atomic E-state index is -4.06. The monoisotopic (exact) mass is 489 g/mol. The number of hydrogen-bond donors (Lipinski definition) is 3. The Morgan fingerprint density at radius 2 is 1.74 bits per heavy atom. The number of carbonyl (C=O) groups is 2. The fraction of sp³-hybridized carbons (Fsp3) is 0.417. The predicted molar refractivity (Wildman–Crippen MR) is 124 cm³/mol. The van der Waals surface area contributed by atoms with Gasteiger partial charge >= 0.3 is 0 Å².